The number of rotatable bonds is 3. The quantitative estimate of drug-likeness (QED) is 0.349. The molecule has 0 aliphatic heterocycles. The zero-order valence-electron chi connectivity index (χ0n) is 8.15. The highest BCUT2D eigenvalue weighted by atomic mass is 16.3. The Morgan fingerprint density at radius 2 is 2.20 bits per heavy atom. The molecule has 1 rings (SSSR count). The van der Waals surface area contributed by atoms with Crippen molar-refractivity contribution in [2.75, 3.05) is 17.6 Å². The Morgan fingerprint density at radius 1 is 1.60 bits per heavy atom. The summed E-state index contributed by atoms with van der Waals surface area (Å²) in [5.41, 5.74) is 9.38. The normalized spacial score (nSPS) is 12.5. The molecule has 15 heavy (non-hydrogen) atoms. The first-order valence-electron chi connectivity index (χ1n) is 4.19. The van der Waals surface area contributed by atoms with E-state index in [2.05, 4.69) is 10.3 Å². The molecule has 0 aromatic carbocycles. The van der Waals surface area contributed by atoms with Crippen molar-refractivity contribution in [1.82, 2.24) is 9.55 Å². The Bertz CT molecular complexity index is 461. The zero-order chi connectivity index (χ0) is 11.6. The summed E-state index contributed by atoms with van der Waals surface area (Å²) in [6.45, 7) is -0.0362. The molecule has 0 radical (unpaired) electrons. The molecule has 1 atom stereocenters. The van der Waals surface area contributed by atoms with Crippen LogP contribution in [0.15, 0.2) is 9.59 Å². The van der Waals surface area contributed by atoms with E-state index in [0.717, 1.165) is 4.57 Å². The van der Waals surface area contributed by atoms with Crippen LogP contribution in [-0.4, -0.2) is 27.4 Å². The number of aliphatic hydroxyl groups is 1. The third-order valence-electron chi connectivity index (χ3n) is 1.86. The number of aromatic nitrogens is 2. The third kappa shape index (κ3) is 2.36. The Morgan fingerprint density at radius 3 is 2.73 bits per heavy atom. The van der Waals surface area contributed by atoms with Gasteiger partial charge in [0.2, 0.25) is 0 Å². The van der Waals surface area contributed by atoms with E-state index in [1.165, 1.54) is 7.05 Å². The molecule has 0 spiro atoms. The highest BCUT2D eigenvalue weighted by Crippen LogP contribution is 2.07. The molecular weight excluding hydrogens is 202 g/mol. The van der Waals surface area contributed by atoms with E-state index in [1.54, 1.807) is 0 Å². The average molecular weight is 215 g/mol. The van der Waals surface area contributed by atoms with Crippen LogP contribution in [0.5, 0.6) is 0 Å². The molecular formula is C7H13N5O3. The standard InChI is InChI=1S/C7H13N5O3/c1-12-5(9)4(10-2-3(8)13)6(14)11-7(12)15/h3,10,13H,2,8-9H2,1H3,(H,11,14,15). The molecule has 84 valence electrons. The minimum Gasteiger partial charge on any atom is -0.383 e. The predicted molar refractivity (Wildman–Crippen MR) is 55.4 cm³/mol. The molecule has 7 N–H and O–H groups in total. The van der Waals surface area contributed by atoms with Gasteiger partial charge in [0.1, 0.15) is 17.7 Å². The fourth-order valence-corrected chi connectivity index (χ4v) is 1.01. The lowest BCUT2D eigenvalue weighted by molar-refractivity contribution is 0.195. The highest BCUT2D eigenvalue weighted by molar-refractivity contribution is 5.60. The topological polar surface area (TPSA) is 139 Å². The summed E-state index contributed by atoms with van der Waals surface area (Å²) in [6.07, 6.45) is -1.11. The van der Waals surface area contributed by atoms with Crippen LogP contribution in [0, 0.1) is 0 Å². The summed E-state index contributed by atoms with van der Waals surface area (Å²) in [6, 6.07) is 0. The van der Waals surface area contributed by atoms with Crippen molar-refractivity contribution in [2.24, 2.45) is 12.8 Å². The summed E-state index contributed by atoms with van der Waals surface area (Å²) < 4.78 is 1.08. The van der Waals surface area contributed by atoms with E-state index in [4.69, 9.17) is 16.6 Å². The van der Waals surface area contributed by atoms with Gasteiger partial charge in [-0.2, -0.15) is 0 Å². The zero-order valence-corrected chi connectivity index (χ0v) is 8.15. The maximum Gasteiger partial charge on any atom is 0.329 e. The lowest BCUT2D eigenvalue weighted by atomic mass is 10.4. The molecule has 0 amide bonds. The van der Waals surface area contributed by atoms with Crippen molar-refractivity contribution in [1.29, 1.82) is 0 Å². The Kier molecular flexibility index (Phi) is 3.12. The summed E-state index contributed by atoms with van der Waals surface area (Å²) in [5, 5.41) is 11.4. The van der Waals surface area contributed by atoms with E-state index in [1.807, 2.05) is 0 Å². The minimum absolute atomic E-state index is 0.00981. The molecule has 1 heterocycles. The van der Waals surface area contributed by atoms with Gasteiger partial charge < -0.3 is 21.9 Å². The molecule has 1 aromatic heterocycles. The summed E-state index contributed by atoms with van der Waals surface area (Å²) in [4.78, 5) is 24.4. The molecule has 0 saturated heterocycles. The van der Waals surface area contributed by atoms with Crippen molar-refractivity contribution in [3.05, 3.63) is 20.8 Å². The fourth-order valence-electron chi connectivity index (χ4n) is 1.01. The van der Waals surface area contributed by atoms with Crippen LogP contribution in [0.3, 0.4) is 0 Å². The van der Waals surface area contributed by atoms with Crippen LogP contribution >= 0.6 is 0 Å². The molecule has 0 aliphatic rings. The monoisotopic (exact) mass is 215 g/mol. The van der Waals surface area contributed by atoms with Crippen molar-refractivity contribution >= 4 is 11.5 Å². The first-order valence-corrected chi connectivity index (χ1v) is 4.19. The number of nitrogens with two attached hydrogens (primary N) is 2. The molecule has 8 heteroatoms. The number of hydrogen-bond acceptors (Lipinski definition) is 6. The van der Waals surface area contributed by atoms with Crippen molar-refractivity contribution in [3.63, 3.8) is 0 Å². The van der Waals surface area contributed by atoms with Gasteiger partial charge in [-0.3, -0.25) is 14.3 Å². The first kappa shape index (κ1) is 11.3. The molecule has 8 nitrogen and oxygen atoms in total. The minimum atomic E-state index is -1.11. The van der Waals surface area contributed by atoms with E-state index >= 15 is 0 Å². The fraction of sp³-hybridized carbons (Fsp3) is 0.429. The number of H-pyrrole nitrogens is 1. The molecule has 1 aromatic rings. The lowest BCUT2D eigenvalue weighted by Crippen LogP contribution is -2.35. The SMILES string of the molecule is Cn1c(N)c(NCC(N)O)c(=O)[nH]c1=O. The van der Waals surface area contributed by atoms with E-state index in [0.29, 0.717) is 0 Å². The lowest BCUT2D eigenvalue weighted by Gasteiger charge is -2.11. The van der Waals surface area contributed by atoms with Gasteiger partial charge >= 0.3 is 5.69 Å². The van der Waals surface area contributed by atoms with Crippen molar-refractivity contribution < 1.29 is 5.11 Å². The number of anilines is 2. The van der Waals surface area contributed by atoms with Gasteiger partial charge in [-0.25, -0.2) is 4.79 Å². The predicted octanol–water partition coefficient (Wildman–Crippen LogP) is -2.66. The molecule has 0 aliphatic carbocycles. The maximum atomic E-state index is 11.3. The Hall–Kier alpha value is -1.80. The molecule has 1 unspecified atom stereocenters. The van der Waals surface area contributed by atoms with Gasteiger partial charge in [-0.15, -0.1) is 0 Å². The third-order valence-corrected chi connectivity index (χ3v) is 1.86. The van der Waals surface area contributed by atoms with Crippen LogP contribution in [0.2, 0.25) is 0 Å². The maximum absolute atomic E-state index is 11.3. The number of aliphatic hydroxyl groups excluding tert-OH is 1. The largest absolute Gasteiger partial charge is 0.383 e. The van der Waals surface area contributed by atoms with Gasteiger partial charge in [0, 0.05) is 7.05 Å². The van der Waals surface area contributed by atoms with Crippen LogP contribution in [0.25, 0.3) is 0 Å². The highest BCUT2D eigenvalue weighted by Gasteiger charge is 2.09. The van der Waals surface area contributed by atoms with Gasteiger partial charge in [0.25, 0.3) is 5.56 Å². The van der Waals surface area contributed by atoms with Crippen molar-refractivity contribution in [3.8, 4) is 0 Å². The number of nitrogens with one attached hydrogen (secondary N) is 2. The van der Waals surface area contributed by atoms with E-state index in [-0.39, 0.29) is 18.1 Å². The summed E-state index contributed by atoms with van der Waals surface area (Å²) in [5.74, 6) is -0.00981. The second-order valence-corrected chi connectivity index (χ2v) is 3.03. The smallest absolute Gasteiger partial charge is 0.329 e. The second-order valence-electron chi connectivity index (χ2n) is 3.03. The summed E-state index contributed by atoms with van der Waals surface area (Å²) >= 11 is 0. The number of nitrogen functional groups attached to an aromatic ring is 1. The van der Waals surface area contributed by atoms with Crippen LogP contribution in [-0.2, 0) is 7.05 Å². The van der Waals surface area contributed by atoms with Gasteiger partial charge in [-0.1, -0.05) is 0 Å². The van der Waals surface area contributed by atoms with Crippen LogP contribution in [0.4, 0.5) is 11.5 Å². The van der Waals surface area contributed by atoms with Crippen LogP contribution in [0.1, 0.15) is 0 Å². The molecule has 0 fully saturated rings. The van der Waals surface area contributed by atoms with Crippen molar-refractivity contribution in [2.45, 2.75) is 6.23 Å². The summed E-state index contributed by atoms with van der Waals surface area (Å²) in [7, 11) is 1.41. The number of nitrogens with zero attached hydrogens (tertiary/aromatic N) is 1. The number of aromatic amines is 1. The Balaban J connectivity index is 3.13. The van der Waals surface area contributed by atoms with Gasteiger partial charge in [0.15, 0.2) is 0 Å². The van der Waals surface area contributed by atoms with Gasteiger partial charge in [-0.05, 0) is 0 Å². The average Bonchev–Trinajstić information content (AvgIpc) is 2.14. The van der Waals surface area contributed by atoms with Crippen LogP contribution < -0.4 is 28.0 Å². The second kappa shape index (κ2) is 4.15. The first-order chi connectivity index (χ1) is 6.93. The number of hydrogen-bond donors (Lipinski definition) is 5. The van der Waals surface area contributed by atoms with Gasteiger partial charge in [0.05, 0.1) is 6.54 Å². The molecule has 0 bridgehead atoms. The van der Waals surface area contributed by atoms with E-state index in [9.17, 15) is 9.59 Å². The van der Waals surface area contributed by atoms with E-state index < -0.39 is 17.5 Å². The molecule has 0 saturated carbocycles. The Labute approximate surface area is 84.5 Å².